The molecule has 0 aliphatic carbocycles. The maximum atomic E-state index is 12.0. The fraction of sp³-hybridized carbons (Fsp3) is 0.714. The number of nitrogens with zero attached hydrogens (tertiary/aromatic N) is 2. The first kappa shape index (κ1) is 16.2. The second-order valence-corrected chi connectivity index (χ2v) is 5.44. The summed E-state index contributed by atoms with van der Waals surface area (Å²) in [7, 11) is 1.79. The molecule has 0 aliphatic rings. The normalized spacial score (nSPS) is 12.7. The van der Waals surface area contributed by atoms with E-state index in [2.05, 4.69) is 12.0 Å². The highest BCUT2D eigenvalue weighted by Gasteiger charge is 2.16. The van der Waals surface area contributed by atoms with Crippen LogP contribution in [-0.4, -0.2) is 22.1 Å². The Morgan fingerprint density at radius 2 is 2.16 bits per heavy atom. The van der Waals surface area contributed by atoms with E-state index in [1.54, 1.807) is 11.7 Å². The number of rotatable bonds is 8. The van der Waals surface area contributed by atoms with Crippen molar-refractivity contribution in [3.05, 3.63) is 16.4 Å². The molecular weight excluding hydrogens is 262 g/mol. The lowest BCUT2D eigenvalue weighted by molar-refractivity contribution is -0.118. The lowest BCUT2D eigenvalue weighted by Crippen LogP contribution is -2.11. The number of nitrogens with two attached hydrogens (primary N) is 1. The molecule has 1 heterocycles. The number of halogens is 1. The van der Waals surface area contributed by atoms with Crippen LogP contribution in [0.15, 0.2) is 0 Å². The number of carbonyl (C=O) groups is 1. The van der Waals surface area contributed by atoms with Gasteiger partial charge in [-0.2, -0.15) is 5.10 Å². The van der Waals surface area contributed by atoms with Gasteiger partial charge in [0.15, 0.2) is 0 Å². The quantitative estimate of drug-likeness (QED) is 0.799. The second kappa shape index (κ2) is 7.65. The van der Waals surface area contributed by atoms with Gasteiger partial charge >= 0.3 is 0 Å². The zero-order valence-corrected chi connectivity index (χ0v) is 12.8. The van der Waals surface area contributed by atoms with E-state index >= 15 is 0 Å². The molecule has 5 heteroatoms. The molecule has 0 saturated heterocycles. The van der Waals surface area contributed by atoms with Crippen molar-refractivity contribution in [3.8, 4) is 0 Å². The van der Waals surface area contributed by atoms with Crippen molar-refractivity contribution in [2.75, 3.05) is 6.54 Å². The van der Waals surface area contributed by atoms with E-state index in [0.29, 0.717) is 30.5 Å². The summed E-state index contributed by atoms with van der Waals surface area (Å²) in [6, 6.07) is 0. The van der Waals surface area contributed by atoms with Crippen molar-refractivity contribution in [2.24, 2.45) is 18.7 Å². The van der Waals surface area contributed by atoms with Gasteiger partial charge < -0.3 is 5.73 Å². The summed E-state index contributed by atoms with van der Waals surface area (Å²) in [6.45, 7) is 4.73. The maximum Gasteiger partial charge on any atom is 0.137 e. The van der Waals surface area contributed by atoms with Gasteiger partial charge in [-0.15, -0.1) is 0 Å². The molecule has 0 amide bonds. The highest BCUT2D eigenvalue weighted by Crippen LogP contribution is 2.21. The minimum absolute atomic E-state index is 0.230. The zero-order chi connectivity index (χ0) is 14.4. The summed E-state index contributed by atoms with van der Waals surface area (Å²) in [5.74, 6) is 0.785. The third kappa shape index (κ3) is 4.62. The molecule has 0 aliphatic heterocycles. The van der Waals surface area contributed by atoms with Crippen molar-refractivity contribution in [2.45, 2.75) is 46.0 Å². The van der Waals surface area contributed by atoms with E-state index in [1.165, 1.54) is 0 Å². The number of carbonyl (C=O) groups excluding carboxylic acids is 1. The second-order valence-electron chi connectivity index (χ2n) is 5.08. The Morgan fingerprint density at radius 3 is 2.63 bits per heavy atom. The Bertz CT molecular complexity index is 429. The molecule has 19 heavy (non-hydrogen) atoms. The van der Waals surface area contributed by atoms with Crippen molar-refractivity contribution in [3.63, 3.8) is 0 Å². The minimum atomic E-state index is 0.230. The zero-order valence-electron chi connectivity index (χ0n) is 12.1. The summed E-state index contributed by atoms with van der Waals surface area (Å²) < 4.78 is 1.61. The Labute approximate surface area is 120 Å². The van der Waals surface area contributed by atoms with Gasteiger partial charge in [-0.25, -0.2) is 0 Å². The molecule has 0 bridgehead atoms. The highest BCUT2D eigenvalue weighted by atomic mass is 35.5. The van der Waals surface area contributed by atoms with Gasteiger partial charge in [0.1, 0.15) is 10.9 Å². The summed E-state index contributed by atoms with van der Waals surface area (Å²) in [4.78, 5) is 12.0. The van der Waals surface area contributed by atoms with Crippen LogP contribution in [0.25, 0.3) is 0 Å². The van der Waals surface area contributed by atoms with Crippen LogP contribution in [0.1, 0.15) is 43.9 Å². The van der Waals surface area contributed by atoms with E-state index in [0.717, 1.165) is 30.5 Å². The molecule has 0 radical (unpaired) electrons. The van der Waals surface area contributed by atoms with Crippen molar-refractivity contribution < 1.29 is 4.79 Å². The molecule has 2 N–H and O–H groups in total. The molecule has 1 aromatic rings. The summed E-state index contributed by atoms with van der Waals surface area (Å²) >= 11 is 6.13. The van der Waals surface area contributed by atoms with Crippen LogP contribution < -0.4 is 5.73 Å². The first-order valence-corrected chi connectivity index (χ1v) is 7.27. The molecule has 108 valence electrons. The third-order valence-corrected chi connectivity index (χ3v) is 4.10. The van der Waals surface area contributed by atoms with Crippen LogP contribution in [0.3, 0.4) is 0 Å². The van der Waals surface area contributed by atoms with Crippen LogP contribution in [-0.2, 0) is 18.3 Å². The molecule has 0 spiro atoms. The van der Waals surface area contributed by atoms with E-state index < -0.39 is 0 Å². The molecule has 1 atom stereocenters. The maximum absolute atomic E-state index is 12.0. The summed E-state index contributed by atoms with van der Waals surface area (Å²) in [5, 5.41) is 4.79. The lowest BCUT2D eigenvalue weighted by Gasteiger charge is -2.12. The average molecular weight is 286 g/mol. The van der Waals surface area contributed by atoms with Crippen molar-refractivity contribution in [1.82, 2.24) is 9.78 Å². The van der Waals surface area contributed by atoms with E-state index in [9.17, 15) is 4.79 Å². The Morgan fingerprint density at radius 1 is 1.47 bits per heavy atom. The summed E-state index contributed by atoms with van der Waals surface area (Å²) in [6.07, 6.45) is 3.98. The lowest BCUT2D eigenvalue weighted by atomic mass is 9.94. The van der Waals surface area contributed by atoms with Crippen LogP contribution >= 0.6 is 11.6 Å². The van der Waals surface area contributed by atoms with Gasteiger partial charge in [0.25, 0.3) is 0 Å². The molecule has 1 aromatic heterocycles. The average Bonchev–Trinajstić information content (AvgIpc) is 2.61. The number of Topliss-reactive ketones (excluding diaryl/α,β-unsaturated/α-hetero) is 1. The number of hydrogen-bond donors (Lipinski definition) is 1. The molecule has 0 fully saturated rings. The number of aromatic nitrogens is 2. The van der Waals surface area contributed by atoms with E-state index in [1.807, 2.05) is 6.92 Å². The minimum Gasteiger partial charge on any atom is -0.330 e. The molecule has 0 saturated carbocycles. The summed E-state index contributed by atoms with van der Waals surface area (Å²) in [5.41, 5.74) is 7.27. The first-order valence-electron chi connectivity index (χ1n) is 6.89. The number of aryl methyl sites for hydroxylation is 2. The number of hydrogen-bond acceptors (Lipinski definition) is 3. The predicted octanol–water partition coefficient (Wildman–Crippen LogP) is 2.65. The molecule has 4 nitrogen and oxygen atoms in total. The Balaban J connectivity index is 2.51. The molecule has 0 aromatic carbocycles. The molecule has 1 unspecified atom stereocenters. The van der Waals surface area contributed by atoms with Crippen LogP contribution in [0, 0.1) is 12.8 Å². The number of ketones is 1. The van der Waals surface area contributed by atoms with Crippen molar-refractivity contribution >= 4 is 17.4 Å². The standard InChI is InChI=1S/C14H24ClN3O/c1-4-11(7-8-16)5-6-12(19)9-13-10(2)17-18(3)14(13)15/h11H,4-9,16H2,1-3H3. The monoisotopic (exact) mass is 285 g/mol. The predicted molar refractivity (Wildman–Crippen MR) is 78.4 cm³/mol. The molecular formula is C14H24ClN3O. The van der Waals surface area contributed by atoms with Gasteiger partial charge in [0.05, 0.1) is 5.69 Å². The van der Waals surface area contributed by atoms with Gasteiger partial charge in [0, 0.05) is 25.5 Å². The Kier molecular flexibility index (Phi) is 6.52. The molecule has 1 rings (SSSR count). The highest BCUT2D eigenvalue weighted by molar-refractivity contribution is 6.30. The fourth-order valence-electron chi connectivity index (χ4n) is 2.31. The van der Waals surface area contributed by atoms with Gasteiger partial charge in [-0.1, -0.05) is 24.9 Å². The smallest absolute Gasteiger partial charge is 0.137 e. The Hall–Kier alpha value is -0.870. The third-order valence-electron chi connectivity index (χ3n) is 3.63. The topological polar surface area (TPSA) is 60.9 Å². The van der Waals surface area contributed by atoms with Crippen LogP contribution in [0.4, 0.5) is 0 Å². The van der Waals surface area contributed by atoms with Gasteiger partial charge in [-0.3, -0.25) is 9.48 Å². The van der Waals surface area contributed by atoms with Gasteiger partial charge in [0.2, 0.25) is 0 Å². The van der Waals surface area contributed by atoms with Crippen LogP contribution in [0.5, 0.6) is 0 Å². The van der Waals surface area contributed by atoms with Crippen LogP contribution in [0.2, 0.25) is 5.15 Å². The van der Waals surface area contributed by atoms with E-state index in [-0.39, 0.29) is 5.78 Å². The largest absolute Gasteiger partial charge is 0.330 e. The van der Waals surface area contributed by atoms with E-state index in [4.69, 9.17) is 17.3 Å². The SMILES string of the molecule is CCC(CCN)CCC(=O)Cc1c(C)nn(C)c1Cl. The first-order chi connectivity index (χ1) is 8.99. The van der Waals surface area contributed by atoms with Crippen molar-refractivity contribution in [1.29, 1.82) is 0 Å². The fourth-order valence-corrected chi connectivity index (χ4v) is 2.56. The van der Waals surface area contributed by atoms with Gasteiger partial charge in [-0.05, 0) is 32.2 Å².